The number of halogens is 1. The molecule has 3 aromatic rings. The van der Waals surface area contributed by atoms with Gasteiger partial charge in [0.1, 0.15) is 11.9 Å². The Morgan fingerprint density at radius 2 is 2.12 bits per heavy atom. The first-order valence-electron chi connectivity index (χ1n) is 10.2. The molecule has 1 amide bonds. The number of amides is 1. The minimum absolute atomic E-state index is 0.0521. The summed E-state index contributed by atoms with van der Waals surface area (Å²) >= 11 is 6.36. The lowest BCUT2D eigenvalue weighted by Gasteiger charge is -2.33. The third-order valence-corrected chi connectivity index (χ3v) is 5.80. The van der Waals surface area contributed by atoms with E-state index in [0.717, 1.165) is 0 Å². The Morgan fingerprint density at radius 1 is 1.33 bits per heavy atom. The number of benzene rings is 1. The van der Waals surface area contributed by atoms with Gasteiger partial charge in [-0.15, -0.1) is 5.92 Å². The third-order valence-electron chi connectivity index (χ3n) is 5.51. The maximum absolute atomic E-state index is 13.5. The van der Waals surface area contributed by atoms with Crippen LogP contribution in [0.5, 0.6) is 0 Å². The zero-order valence-corrected chi connectivity index (χ0v) is 18.5. The Bertz CT molecular complexity index is 1390. The first kappa shape index (κ1) is 22.3. The standard InChI is InChI=1S/C22H20ClN7O3/c1-2-3-9-29-17-18(26-19(29)16-12-25-8-10-28(16)22(32)33)27-21(23)30(20(17)31)13-15-7-5-4-6-14(15)11-24/h4-7,16,25H,8-10,12-13H2,1H3,(H,32,33). The van der Waals surface area contributed by atoms with Gasteiger partial charge in [-0.2, -0.15) is 10.2 Å². The minimum Gasteiger partial charge on any atom is -0.465 e. The Morgan fingerprint density at radius 3 is 2.85 bits per heavy atom. The lowest BCUT2D eigenvalue weighted by atomic mass is 10.1. The van der Waals surface area contributed by atoms with E-state index in [1.165, 1.54) is 9.47 Å². The van der Waals surface area contributed by atoms with Crippen LogP contribution in [0.1, 0.15) is 29.9 Å². The lowest BCUT2D eigenvalue weighted by molar-refractivity contribution is 0.109. The van der Waals surface area contributed by atoms with Gasteiger partial charge in [-0.1, -0.05) is 24.1 Å². The number of rotatable bonds is 4. The number of nitriles is 1. The molecule has 1 aromatic carbocycles. The zero-order chi connectivity index (χ0) is 23.5. The molecule has 11 heteroatoms. The van der Waals surface area contributed by atoms with Crippen molar-refractivity contribution in [3.8, 4) is 17.9 Å². The lowest BCUT2D eigenvalue weighted by Crippen LogP contribution is -2.49. The molecule has 1 aliphatic rings. The number of hydrogen-bond acceptors (Lipinski definition) is 6. The van der Waals surface area contributed by atoms with E-state index >= 15 is 0 Å². The van der Waals surface area contributed by atoms with Crippen molar-refractivity contribution in [2.75, 3.05) is 19.6 Å². The Hall–Kier alpha value is -3.86. The SMILES string of the molecule is CC#CCn1c(C2CNCCN2C(=O)O)nc2nc(Cl)n(Cc3ccccc3C#N)c(=O)c21. The van der Waals surface area contributed by atoms with E-state index in [0.29, 0.717) is 30.0 Å². The highest BCUT2D eigenvalue weighted by Crippen LogP contribution is 2.25. The molecular formula is C22H20ClN7O3. The fourth-order valence-electron chi connectivity index (χ4n) is 3.92. The van der Waals surface area contributed by atoms with Crippen molar-refractivity contribution >= 4 is 28.9 Å². The number of nitrogens with one attached hydrogen (secondary N) is 1. The van der Waals surface area contributed by atoms with Crippen LogP contribution in [0.25, 0.3) is 11.2 Å². The number of carboxylic acid groups (broad SMARTS) is 1. The van der Waals surface area contributed by atoms with Gasteiger partial charge in [-0.25, -0.2) is 9.78 Å². The number of nitrogens with zero attached hydrogens (tertiary/aromatic N) is 6. The van der Waals surface area contributed by atoms with Gasteiger partial charge in [0.15, 0.2) is 11.2 Å². The van der Waals surface area contributed by atoms with E-state index in [4.69, 9.17) is 11.6 Å². The van der Waals surface area contributed by atoms with Gasteiger partial charge in [0.05, 0.1) is 24.7 Å². The summed E-state index contributed by atoms with van der Waals surface area (Å²) in [5, 5.41) is 22.2. The van der Waals surface area contributed by atoms with Crippen LogP contribution in [0.4, 0.5) is 4.79 Å². The summed E-state index contributed by atoms with van der Waals surface area (Å²) in [6, 6.07) is 8.42. The molecule has 33 heavy (non-hydrogen) atoms. The molecule has 1 fully saturated rings. The van der Waals surface area contributed by atoms with E-state index in [1.807, 2.05) is 0 Å². The van der Waals surface area contributed by atoms with Crippen molar-refractivity contribution < 1.29 is 9.90 Å². The van der Waals surface area contributed by atoms with Crippen LogP contribution in [0, 0.1) is 23.2 Å². The molecule has 3 heterocycles. The van der Waals surface area contributed by atoms with Crippen LogP contribution in [0.15, 0.2) is 29.1 Å². The van der Waals surface area contributed by atoms with Crippen molar-refractivity contribution in [2.24, 2.45) is 0 Å². The van der Waals surface area contributed by atoms with Crippen molar-refractivity contribution in [3.63, 3.8) is 0 Å². The molecule has 0 spiro atoms. The second-order valence-corrected chi connectivity index (χ2v) is 7.73. The van der Waals surface area contributed by atoms with Crippen molar-refractivity contribution in [3.05, 3.63) is 56.9 Å². The number of imidazole rings is 1. The highest BCUT2D eigenvalue weighted by molar-refractivity contribution is 6.28. The van der Waals surface area contributed by atoms with Gasteiger partial charge in [-0.05, 0) is 30.2 Å². The maximum atomic E-state index is 13.5. The number of piperazine rings is 1. The van der Waals surface area contributed by atoms with Crippen molar-refractivity contribution in [1.29, 1.82) is 5.26 Å². The molecule has 0 aliphatic carbocycles. The summed E-state index contributed by atoms with van der Waals surface area (Å²) in [6.45, 7) is 3.01. The number of aromatic nitrogens is 4. The van der Waals surface area contributed by atoms with Gasteiger partial charge < -0.3 is 15.0 Å². The monoisotopic (exact) mass is 465 g/mol. The van der Waals surface area contributed by atoms with Crippen LogP contribution in [0.2, 0.25) is 5.28 Å². The summed E-state index contributed by atoms with van der Waals surface area (Å²) in [5.41, 5.74) is 0.913. The van der Waals surface area contributed by atoms with Crippen LogP contribution >= 0.6 is 11.6 Å². The summed E-state index contributed by atoms with van der Waals surface area (Å²) in [5.74, 6) is 6.10. The van der Waals surface area contributed by atoms with E-state index in [2.05, 4.69) is 33.2 Å². The van der Waals surface area contributed by atoms with Gasteiger partial charge in [-0.3, -0.25) is 14.3 Å². The summed E-state index contributed by atoms with van der Waals surface area (Å²) < 4.78 is 2.88. The fraction of sp³-hybridized carbons (Fsp3) is 0.318. The normalized spacial score (nSPS) is 15.7. The Kier molecular flexibility index (Phi) is 6.31. The Balaban J connectivity index is 1.91. The predicted molar refractivity (Wildman–Crippen MR) is 121 cm³/mol. The van der Waals surface area contributed by atoms with Crippen LogP contribution < -0.4 is 10.9 Å². The first-order chi connectivity index (χ1) is 16.0. The topological polar surface area (TPSA) is 129 Å². The van der Waals surface area contributed by atoms with Crippen molar-refractivity contribution in [2.45, 2.75) is 26.1 Å². The number of fused-ring (bicyclic) bond motifs is 1. The first-order valence-corrected chi connectivity index (χ1v) is 10.6. The molecule has 1 atom stereocenters. The second kappa shape index (κ2) is 9.33. The summed E-state index contributed by atoms with van der Waals surface area (Å²) in [4.78, 5) is 35.5. The molecule has 168 valence electrons. The van der Waals surface area contributed by atoms with E-state index in [1.54, 1.807) is 35.8 Å². The molecule has 10 nitrogen and oxygen atoms in total. The maximum Gasteiger partial charge on any atom is 0.408 e. The molecule has 1 aliphatic heterocycles. The molecule has 1 unspecified atom stereocenters. The number of carbonyl (C=O) groups is 1. The van der Waals surface area contributed by atoms with E-state index in [-0.39, 0.29) is 36.1 Å². The van der Waals surface area contributed by atoms with Gasteiger partial charge >= 0.3 is 6.09 Å². The van der Waals surface area contributed by atoms with Crippen LogP contribution in [0.3, 0.4) is 0 Å². The average Bonchev–Trinajstić information content (AvgIpc) is 3.18. The Labute approximate surface area is 194 Å². The smallest absolute Gasteiger partial charge is 0.408 e. The molecule has 0 radical (unpaired) electrons. The number of hydrogen-bond donors (Lipinski definition) is 2. The van der Waals surface area contributed by atoms with Gasteiger partial charge in [0.2, 0.25) is 5.28 Å². The fourth-order valence-corrected chi connectivity index (χ4v) is 4.13. The zero-order valence-electron chi connectivity index (χ0n) is 17.7. The average molecular weight is 466 g/mol. The van der Waals surface area contributed by atoms with E-state index in [9.17, 15) is 20.0 Å². The van der Waals surface area contributed by atoms with Crippen molar-refractivity contribution in [1.82, 2.24) is 29.3 Å². The summed E-state index contributed by atoms with van der Waals surface area (Å²) in [6.07, 6.45) is -1.07. The largest absolute Gasteiger partial charge is 0.465 e. The quantitative estimate of drug-likeness (QED) is 0.444. The molecule has 1 saturated heterocycles. The van der Waals surface area contributed by atoms with Gasteiger partial charge in [0.25, 0.3) is 5.56 Å². The highest BCUT2D eigenvalue weighted by Gasteiger charge is 2.33. The molecule has 0 saturated carbocycles. The third kappa shape index (κ3) is 4.14. The molecule has 4 rings (SSSR count). The molecule has 2 N–H and O–H groups in total. The molecular weight excluding hydrogens is 446 g/mol. The summed E-state index contributed by atoms with van der Waals surface area (Å²) in [7, 11) is 0. The van der Waals surface area contributed by atoms with Gasteiger partial charge in [0, 0.05) is 19.6 Å². The van der Waals surface area contributed by atoms with Crippen LogP contribution in [-0.4, -0.2) is 54.8 Å². The predicted octanol–water partition coefficient (Wildman–Crippen LogP) is 1.81. The molecule has 2 aromatic heterocycles. The minimum atomic E-state index is -1.07. The second-order valence-electron chi connectivity index (χ2n) is 7.39. The molecule has 0 bridgehead atoms. The van der Waals surface area contributed by atoms with Crippen LogP contribution in [-0.2, 0) is 13.1 Å². The van der Waals surface area contributed by atoms with E-state index < -0.39 is 17.7 Å². The highest BCUT2D eigenvalue weighted by atomic mass is 35.5.